The average molecular weight is 430 g/mol. The normalized spacial score (nSPS) is 18.1. The molecule has 6 nitrogen and oxygen atoms in total. The summed E-state index contributed by atoms with van der Waals surface area (Å²) in [6, 6.07) is 11.1. The van der Waals surface area contributed by atoms with Crippen LogP contribution in [0.2, 0.25) is 0 Å². The van der Waals surface area contributed by atoms with Crippen LogP contribution in [0.1, 0.15) is 24.0 Å². The van der Waals surface area contributed by atoms with E-state index in [0.717, 1.165) is 6.07 Å². The SMILES string of the molecule is NC(=O)C1CCN(c2ccc(N/C=C3\C(=O)Nc4ccccc43)cc2C(F)(F)F)CC1. The minimum absolute atomic E-state index is 0.0672. The van der Waals surface area contributed by atoms with Gasteiger partial charge in [-0.15, -0.1) is 0 Å². The average Bonchev–Trinajstić information content (AvgIpc) is 3.06. The minimum Gasteiger partial charge on any atom is -0.371 e. The molecule has 0 radical (unpaired) electrons. The van der Waals surface area contributed by atoms with Crippen LogP contribution in [-0.4, -0.2) is 24.9 Å². The number of fused-ring (bicyclic) bond motifs is 1. The maximum Gasteiger partial charge on any atom is 0.418 e. The highest BCUT2D eigenvalue weighted by atomic mass is 19.4. The molecule has 31 heavy (non-hydrogen) atoms. The number of rotatable bonds is 4. The van der Waals surface area contributed by atoms with Gasteiger partial charge in [0, 0.05) is 47.8 Å². The predicted molar refractivity (Wildman–Crippen MR) is 112 cm³/mol. The molecule has 4 rings (SSSR count). The van der Waals surface area contributed by atoms with Gasteiger partial charge in [-0.2, -0.15) is 13.2 Å². The third-order valence-electron chi connectivity index (χ3n) is 5.63. The van der Waals surface area contributed by atoms with Crippen molar-refractivity contribution < 1.29 is 22.8 Å². The number of hydrogen-bond acceptors (Lipinski definition) is 4. The van der Waals surface area contributed by atoms with Crippen LogP contribution in [-0.2, 0) is 15.8 Å². The van der Waals surface area contributed by atoms with Crippen LogP contribution >= 0.6 is 0 Å². The van der Waals surface area contributed by atoms with Crippen molar-refractivity contribution in [3.05, 3.63) is 59.8 Å². The molecule has 0 bridgehead atoms. The van der Waals surface area contributed by atoms with Gasteiger partial charge in [-0.3, -0.25) is 9.59 Å². The first-order valence-corrected chi connectivity index (χ1v) is 9.87. The van der Waals surface area contributed by atoms with E-state index in [0.29, 0.717) is 42.8 Å². The third-order valence-corrected chi connectivity index (χ3v) is 5.63. The predicted octanol–water partition coefficient (Wildman–Crippen LogP) is 3.81. The number of carbonyl (C=O) groups is 2. The first kappa shape index (κ1) is 20.8. The molecular weight excluding hydrogens is 409 g/mol. The lowest BCUT2D eigenvalue weighted by Crippen LogP contribution is -2.39. The molecule has 2 amide bonds. The first-order chi connectivity index (χ1) is 14.7. The Morgan fingerprint density at radius 1 is 1.16 bits per heavy atom. The molecule has 2 aliphatic rings. The molecule has 1 fully saturated rings. The van der Waals surface area contributed by atoms with Crippen molar-refractivity contribution in [3.63, 3.8) is 0 Å². The summed E-state index contributed by atoms with van der Waals surface area (Å²) in [4.78, 5) is 25.1. The van der Waals surface area contributed by atoms with Gasteiger partial charge in [-0.25, -0.2) is 0 Å². The third kappa shape index (κ3) is 4.21. The fourth-order valence-corrected chi connectivity index (χ4v) is 3.97. The van der Waals surface area contributed by atoms with Gasteiger partial charge in [0.15, 0.2) is 0 Å². The Kier molecular flexibility index (Phi) is 5.34. The highest BCUT2D eigenvalue weighted by Gasteiger charge is 2.36. The topological polar surface area (TPSA) is 87.5 Å². The number of piperidine rings is 1. The van der Waals surface area contributed by atoms with Crippen LogP contribution in [0.3, 0.4) is 0 Å². The molecule has 2 aromatic rings. The summed E-state index contributed by atoms with van der Waals surface area (Å²) in [5, 5.41) is 5.54. The Balaban J connectivity index is 1.58. The molecule has 0 unspecified atom stereocenters. The molecule has 9 heteroatoms. The fourth-order valence-electron chi connectivity index (χ4n) is 3.97. The number of primary amides is 1. The zero-order valence-electron chi connectivity index (χ0n) is 16.5. The summed E-state index contributed by atoms with van der Waals surface area (Å²) in [5.74, 6) is -1.04. The van der Waals surface area contributed by atoms with E-state index in [1.807, 2.05) is 0 Å². The van der Waals surface area contributed by atoms with E-state index < -0.39 is 17.6 Å². The quantitative estimate of drug-likeness (QED) is 0.644. The van der Waals surface area contributed by atoms with Crippen molar-refractivity contribution >= 4 is 34.4 Å². The number of nitrogens with one attached hydrogen (secondary N) is 2. The summed E-state index contributed by atoms with van der Waals surface area (Å²) in [5.41, 5.74) is 6.52. The highest BCUT2D eigenvalue weighted by Crippen LogP contribution is 2.40. The molecule has 4 N–H and O–H groups in total. The van der Waals surface area contributed by atoms with Crippen molar-refractivity contribution in [3.8, 4) is 0 Å². The Morgan fingerprint density at radius 3 is 2.55 bits per heavy atom. The van der Waals surface area contributed by atoms with E-state index in [4.69, 9.17) is 5.73 Å². The standard InChI is InChI=1S/C22H21F3N4O2/c23-22(24,25)17-11-14(5-6-19(17)29-9-7-13(8-10-29)20(26)30)27-12-16-15-3-1-2-4-18(15)28-21(16)31/h1-6,11-13,27H,7-10H2,(H2,26,30)(H,28,31)/b16-12-. The summed E-state index contributed by atoms with van der Waals surface area (Å²) in [7, 11) is 0. The zero-order valence-corrected chi connectivity index (χ0v) is 16.5. The van der Waals surface area contributed by atoms with Crippen molar-refractivity contribution in [2.45, 2.75) is 19.0 Å². The zero-order chi connectivity index (χ0) is 22.2. The highest BCUT2D eigenvalue weighted by molar-refractivity contribution is 6.31. The number of anilines is 3. The summed E-state index contributed by atoms with van der Waals surface area (Å²) in [6.07, 6.45) is -2.30. The number of para-hydroxylation sites is 1. The van der Waals surface area contributed by atoms with Crippen LogP contribution < -0.4 is 21.3 Å². The largest absolute Gasteiger partial charge is 0.418 e. The van der Waals surface area contributed by atoms with Crippen molar-refractivity contribution in [2.24, 2.45) is 11.7 Å². The van der Waals surface area contributed by atoms with Gasteiger partial charge in [-0.05, 0) is 37.1 Å². The second-order valence-electron chi connectivity index (χ2n) is 7.60. The van der Waals surface area contributed by atoms with E-state index in [1.165, 1.54) is 12.3 Å². The lowest BCUT2D eigenvalue weighted by atomic mass is 9.95. The smallest absolute Gasteiger partial charge is 0.371 e. The number of benzene rings is 2. The number of carbonyl (C=O) groups excluding carboxylic acids is 2. The second-order valence-corrected chi connectivity index (χ2v) is 7.60. The first-order valence-electron chi connectivity index (χ1n) is 9.87. The maximum atomic E-state index is 13.8. The van der Waals surface area contributed by atoms with Gasteiger partial charge < -0.3 is 21.3 Å². The van der Waals surface area contributed by atoms with E-state index in [2.05, 4.69) is 10.6 Å². The molecule has 0 atom stereocenters. The van der Waals surface area contributed by atoms with Gasteiger partial charge in [0.05, 0.1) is 11.1 Å². The molecule has 0 spiro atoms. The van der Waals surface area contributed by atoms with Crippen molar-refractivity contribution in [1.29, 1.82) is 0 Å². The minimum atomic E-state index is -4.56. The van der Waals surface area contributed by atoms with Crippen molar-refractivity contribution in [1.82, 2.24) is 0 Å². The van der Waals surface area contributed by atoms with Gasteiger partial charge in [0.1, 0.15) is 0 Å². The number of amides is 2. The molecule has 1 saturated heterocycles. The maximum absolute atomic E-state index is 13.8. The van der Waals surface area contributed by atoms with Crippen LogP contribution in [0.4, 0.5) is 30.2 Å². The Labute approximate surface area is 176 Å². The van der Waals surface area contributed by atoms with E-state index >= 15 is 0 Å². The van der Waals surface area contributed by atoms with E-state index in [9.17, 15) is 22.8 Å². The van der Waals surface area contributed by atoms with E-state index in [-0.39, 0.29) is 23.2 Å². The number of halogens is 3. The lowest BCUT2D eigenvalue weighted by Gasteiger charge is -2.34. The Morgan fingerprint density at radius 2 is 1.87 bits per heavy atom. The number of alkyl halides is 3. The molecule has 2 aliphatic heterocycles. The van der Waals surface area contributed by atoms with E-state index in [1.54, 1.807) is 35.2 Å². The number of hydrogen-bond donors (Lipinski definition) is 3. The van der Waals surface area contributed by atoms with Gasteiger partial charge >= 0.3 is 6.18 Å². The lowest BCUT2D eigenvalue weighted by molar-refractivity contribution is -0.137. The molecule has 0 saturated carbocycles. The monoisotopic (exact) mass is 430 g/mol. The van der Waals surface area contributed by atoms with Crippen LogP contribution in [0, 0.1) is 5.92 Å². The fraction of sp³-hybridized carbons (Fsp3) is 0.273. The molecule has 2 aromatic carbocycles. The molecule has 162 valence electrons. The van der Waals surface area contributed by atoms with Crippen LogP contribution in [0.5, 0.6) is 0 Å². The summed E-state index contributed by atoms with van der Waals surface area (Å²) >= 11 is 0. The number of nitrogens with two attached hydrogens (primary N) is 1. The molecule has 2 heterocycles. The number of nitrogens with zero attached hydrogens (tertiary/aromatic N) is 1. The Hall–Kier alpha value is -3.49. The van der Waals surface area contributed by atoms with Gasteiger partial charge in [-0.1, -0.05) is 18.2 Å². The summed E-state index contributed by atoms with van der Waals surface area (Å²) < 4.78 is 41.3. The van der Waals surface area contributed by atoms with Gasteiger partial charge in [0.25, 0.3) is 5.91 Å². The van der Waals surface area contributed by atoms with Gasteiger partial charge in [0.2, 0.25) is 5.91 Å². The van der Waals surface area contributed by atoms with Crippen LogP contribution in [0.15, 0.2) is 48.7 Å². The molecule has 0 aromatic heterocycles. The molecule has 0 aliphatic carbocycles. The van der Waals surface area contributed by atoms with Crippen LogP contribution in [0.25, 0.3) is 5.57 Å². The Bertz CT molecular complexity index is 1060. The molecular formula is C22H21F3N4O2. The van der Waals surface area contributed by atoms with Crippen molar-refractivity contribution in [2.75, 3.05) is 28.6 Å². The second kappa shape index (κ2) is 7.98. The summed E-state index contributed by atoms with van der Waals surface area (Å²) in [6.45, 7) is 0.648.